The molecule has 3 nitrogen and oxygen atoms in total. The summed E-state index contributed by atoms with van der Waals surface area (Å²) in [7, 11) is -3.37. The summed E-state index contributed by atoms with van der Waals surface area (Å²) in [5.41, 5.74) is 1.21. The van der Waals surface area contributed by atoms with Crippen molar-refractivity contribution in [3.8, 4) is 0 Å². The molecule has 1 N–H and O–H groups in total. The van der Waals surface area contributed by atoms with E-state index in [4.69, 9.17) is 0 Å². The van der Waals surface area contributed by atoms with Crippen molar-refractivity contribution in [3.63, 3.8) is 0 Å². The number of rotatable bonds is 5. The van der Waals surface area contributed by atoms with Crippen LogP contribution >= 0.6 is 11.3 Å². The molecule has 2 aromatic rings. The lowest BCUT2D eigenvalue weighted by Gasteiger charge is -2.42. The molecule has 1 fully saturated rings. The average molecular weight is 307 g/mol. The van der Waals surface area contributed by atoms with Gasteiger partial charge in [-0.25, -0.2) is 13.1 Å². The summed E-state index contributed by atoms with van der Waals surface area (Å²) in [6, 6.07) is 13.6. The Bertz CT molecular complexity index is 659. The first-order valence-electron chi connectivity index (χ1n) is 6.71. The third kappa shape index (κ3) is 2.53. The van der Waals surface area contributed by atoms with Crippen LogP contribution in [0, 0.1) is 0 Å². The normalized spacial score (nSPS) is 17.6. The van der Waals surface area contributed by atoms with E-state index in [-0.39, 0.29) is 5.41 Å². The van der Waals surface area contributed by atoms with Gasteiger partial charge in [-0.3, -0.25) is 0 Å². The van der Waals surface area contributed by atoms with Gasteiger partial charge in [0.1, 0.15) is 4.21 Å². The second-order valence-corrected chi connectivity index (χ2v) is 8.20. The molecule has 1 aromatic carbocycles. The molecule has 5 heteroatoms. The molecule has 1 heterocycles. The number of benzene rings is 1. The van der Waals surface area contributed by atoms with Gasteiger partial charge in [0.2, 0.25) is 10.0 Å². The standard InChI is InChI=1S/C15H17NO2S2/c17-20(18,14-8-4-11-19-14)16-12-15(9-5-10-15)13-6-2-1-3-7-13/h1-4,6-8,11,16H,5,9-10,12H2. The summed E-state index contributed by atoms with van der Waals surface area (Å²) in [5, 5.41) is 1.78. The fraction of sp³-hybridized carbons (Fsp3) is 0.333. The number of hydrogen-bond acceptors (Lipinski definition) is 3. The van der Waals surface area contributed by atoms with E-state index < -0.39 is 10.0 Å². The number of sulfonamides is 1. The molecule has 0 amide bonds. The van der Waals surface area contributed by atoms with E-state index in [1.807, 2.05) is 18.2 Å². The molecule has 3 rings (SSSR count). The van der Waals surface area contributed by atoms with Crippen LogP contribution < -0.4 is 4.72 Å². The lowest BCUT2D eigenvalue weighted by Crippen LogP contribution is -2.45. The average Bonchev–Trinajstić information content (AvgIpc) is 2.93. The summed E-state index contributed by atoms with van der Waals surface area (Å²) in [4.78, 5) is 0. The van der Waals surface area contributed by atoms with E-state index in [1.165, 1.54) is 16.9 Å². The van der Waals surface area contributed by atoms with Gasteiger partial charge in [0.25, 0.3) is 0 Å². The van der Waals surface area contributed by atoms with Gasteiger partial charge in [-0.1, -0.05) is 42.8 Å². The van der Waals surface area contributed by atoms with Gasteiger partial charge in [-0.2, -0.15) is 0 Å². The van der Waals surface area contributed by atoms with Crippen LogP contribution in [0.2, 0.25) is 0 Å². The Morgan fingerprint density at radius 2 is 1.85 bits per heavy atom. The minimum absolute atomic E-state index is 0.0222. The van der Waals surface area contributed by atoms with E-state index in [0.29, 0.717) is 10.8 Å². The topological polar surface area (TPSA) is 46.2 Å². The van der Waals surface area contributed by atoms with Gasteiger partial charge in [-0.05, 0) is 29.9 Å². The fourth-order valence-electron chi connectivity index (χ4n) is 2.68. The highest BCUT2D eigenvalue weighted by Gasteiger charge is 2.39. The smallest absolute Gasteiger partial charge is 0.210 e. The quantitative estimate of drug-likeness (QED) is 0.922. The molecule has 106 valence electrons. The summed E-state index contributed by atoms with van der Waals surface area (Å²) in [5.74, 6) is 0. The zero-order valence-corrected chi connectivity index (χ0v) is 12.7. The minimum atomic E-state index is -3.37. The van der Waals surface area contributed by atoms with E-state index in [9.17, 15) is 8.42 Å². The van der Waals surface area contributed by atoms with Crippen molar-refractivity contribution in [3.05, 3.63) is 53.4 Å². The van der Waals surface area contributed by atoms with Crippen LogP contribution in [0.5, 0.6) is 0 Å². The first-order chi connectivity index (χ1) is 9.62. The molecule has 20 heavy (non-hydrogen) atoms. The third-order valence-corrected chi connectivity index (χ3v) is 6.86. The molecular formula is C15H17NO2S2. The van der Waals surface area contributed by atoms with E-state index in [0.717, 1.165) is 19.3 Å². The van der Waals surface area contributed by atoms with Crippen LogP contribution in [0.25, 0.3) is 0 Å². The molecule has 0 spiro atoms. The summed E-state index contributed by atoms with van der Waals surface area (Å²) >= 11 is 1.25. The summed E-state index contributed by atoms with van der Waals surface area (Å²) in [6.45, 7) is 0.483. The molecule has 1 aromatic heterocycles. The van der Waals surface area contributed by atoms with E-state index in [2.05, 4.69) is 16.9 Å². The lowest BCUT2D eigenvalue weighted by atomic mass is 9.64. The van der Waals surface area contributed by atoms with Crippen molar-refractivity contribution >= 4 is 21.4 Å². The Labute approximate surface area is 123 Å². The molecule has 1 aliphatic rings. The Morgan fingerprint density at radius 1 is 1.10 bits per heavy atom. The van der Waals surface area contributed by atoms with Crippen LogP contribution in [-0.4, -0.2) is 15.0 Å². The van der Waals surface area contributed by atoms with Gasteiger partial charge in [-0.15, -0.1) is 11.3 Å². The SMILES string of the molecule is O=S(=O)(NCC1(c2ccccc2)CCC1)c1cccs1. The Kier molecular flexibility index (Phi) is 3.67. The van der Waals surface area contributed by atoms with Crippen LogP contribution in [0.15, 0.2) is 52.1 Å². The lowest BCUT2D eigenvalue weighted by molar-refractivity contribution is 0.245. The van der Waals surface area contributed by atoms with Crippen LogP contribution in [0.4, 0.5) is 0 Å². The molecule has 0 unspecified atom stereocenters. The molecule has 1 saturated carbocycles. The fourth-order valence-corrected chi connectivity index (χ4v) is 4.85. The maximum absolute atomic E-state index is 12.2. The highest BCUT2D eigenvalue weighted by molar-refractivity contribution is 7.91. The molecule has 0 aliphatic heterocycles. The predicted octanol–water partition coefficient (Wildman–Crippen LogP) is 3.15. The Hall–Kier alpha value is -1.17. The number of hydrogen-bond donors (Lipinski definition) is 1. The highest BCUT2D eigenvalue weighted by Crippen LogP contribution is 2.43. The second-order valence-electron chi connectivity index (χ2n) is 5.26. The van der Waals surface area contributed by atoms with Crippen molar-refractivity contribution in [1.29, 1.82) is 0 Å². The molecule has 0 radical (unpaired) electrons. The van der Waals surface area contributed by atoms with Gasteiger partial charge in [0.15, 0.2) is 0 Å². The number of nitrogens with one attached hydrogen (secondary N) is 1. The molecular weight excluding hydrogens is 290 g/mol. The minimum Gasteiger partial charge on any atom is -0.210 e. The molecule has 1 aliphatic carbocycles. The zero-order valence-electron chi connectivity index (χ0n) is 11.1. The molecule has 0 bridgehead atoms. The Balaban J connectivity index is 1.77. The Morgan fingerprint density at radius 3 is 2.40 bits per heavy atom. The van der Waals surface area contributed by atoms with Gasteiger partial charge in [0.05, 0.1) is 0 Å². The first kappa shape index (κ1) is 13.8. The zero-order chi connectivity index (χ0) is 14.1. The number of thiophene rings is 1. The van der Waals surface area contributed by atoms with Crippen LogP contribution in [0.1, 0.15) is 24.8 Å². The van der Waals surface area contributed by atoms with Gasteiger partial charge < -0.3 is 0 Å². The summed E-state index contributed by atoms with van der Waals surface area (Å²) in [6.07, 6.45) is 3.25. The van der Waals surface area contributed by atoms with Crippen molar-refractivity contribution in [2.45, 2.75) is 28.9 Å². The van der Waals surface area contributed by atoms with Crippen LogP contribution in [0.3, 0.4) is 0 Å². The molecule has 0 saturated heterocycles. The van der Waals surface area contributed by atoms with Crippen molar-refractivity contribution in [1.82, 2.24) is 4.72 Å². The predicted molar refractivity (Wildman–Crippen MR) is 81.5 cm³/mol. The van der Waals surface area contributed by atoms with Gasteiger partial charge >= 0.3 is 0 Å². The van der Waals surface area contributed by atoms with E-state index >= 15 is 0 Å². The van der Waals surface area contributed by atoms with Gasteiger partial charge in [0, 0.05) is 12.0 Å². The van der Waals surface area contributed by atoms with Crippen molar-refractivity contribution < 1.29 is 8.42 Å². The maximum Gasteiger partial charge on any atom is 0.250 e. The first-order valence-corrected chi connectivity index (χ1v) is 9.07. The van der Waals surface area contributed by atoms with Crippen LogP contribution in [-0.2, 0) is 15.4 Å². The third-order valence-electron chi connectivity index (χ3n) is 4.06. The molecule has 0 atom stereocenters. The maximum atomic E-state index is 12.2. The highest BCUT2D eigenvalue weighted by atomic mass is 32.2. The largest absolute Gasteiger partial charge is 0.250 e. The van der Waals surface area contributed by atoms with E-state index in [1.54, 1.807) is 17.5 Å². The monoisotopic (exact) mass is 307 g/mol. The second kappa shape index (κ2) is 5.31. The van der Waals surface area contributed by atoms with Crippen molar-refractivity contribution in [2.75, 3.05) is 6.54 Å². The summed E-state index contributed by atoms with van der Waals surface area (Å²) < 4.78 is 27.6. The van der Waals surface area contributed by atoms with Crippen molar-refractivity contribution in [2.24, 2.45) is 0 Å².